The predicted molar refractivity (Wildman–Crippen MR) is 329 cm³/mol. The van der Waals surface area contributed by atoms with Crippen molar-refractivity contribution in [2.75, 3.05) is 52.4 Å². The number of carboxylic acids is 1. The van der Waals surface area contributed by atoms with Gasteiger partial charge in [0, 0.05) is 58.8 Å². The Morgan fingerprint density at radius 1 is 0.330 bits per heavy atom. The zero-order chi connectivity index (χ0) is 62.6. The topological polar surface area (TPSA) is 260 Å². The fourth-order valence-corrected chi connectivity index (χ4v) is 9.35. The second-order valence-electron chi connectivity index (χ2n) is 21.2. The van der Waals surface area contributed by atoms with Gasteiger partial charge in [-0.2, -0.15) is 0 Å². The minimum atomic E-state index is -1.14. The molecule has 6 rings (SSSR count). The van der Waals surface area contributed by atoms with E-state index in [2.05, 4.69) is 0 Å². The summed E-state index contributed by atoms with van der Waals surface area (Å²) in [5, 5.41) is 10.3. The summed E-state index contributed by atoms with van der Waals surface area (Å²) in [6.07, 6.45) is -1.44. The van der Waals surface area contributed by atoms with Gasteiger partial charge in [0.1, 0.15) is 51.7 Å². The van der Waals surface area contributed by atoms with E-state index in [0.717, 1.165) is 33.4 Å². The number of carbonyl (C=O) groups excluding carboxylic acids is 6. The molecule has 4 amide bonds. The Morgan fingerprint density at radius 3 is 0.875 bits per heavy atom. The van der Waals surface area contributed by atoms with E-state index >= 15 is 0 Å². The van der Waals surface area contributed by atoms with Gasteiger partial charge in [-0.05, 0) is 84.2 Å². The third-order valence-electron chi connectivity index (χ3n) is 14.3. The zero-order valence-electron chi connectivity index (χ0n) is 49.8. The minimum Gasteiger partial charge on any atom is -0.481 e. The maximum Gasteiger partial charge on any atom is 0.410 e. The number of aliphatic carboxylic acids is 1. The molecule has 20 heteroatoms. The molecule has 0 aliphatic heterocycles. The van der Waals surface area contributed by atoms with Crippen LogP contribution < -0.4 is 11.5 Å². The predicted octanol–water partition coefficient (Wildman–Crippen LogP) is 10.5. The van der Waals surface area contributed by atoms with E-state index < -0.39 is 60.3 Å². The summed E-state index contributed by atoms with van der Waals surface area (Å²) >= 11 is 0. The Kier molecular flexibility index (Phi) is 29.8. The van der Waals surface area contributed by atoms with E-state index in [9.17, 15) is 38.7 Å². The van der Waals surface area contributed by atoms with Crippen molar-refractivity contribution in [3.8, 4) is 0 Å². The minimum absolute atomic E-state index is 0.000158. The number of amides is 4. The molecule has 0 saturated heterocycles. The standard InChI is InChI=1S/C68H82N6O14/c69-60(63(77)83-47-53-23-7-1-8-24-53)35-19-38-71(65(79)85-49-55-27-11-3-12-28-55)40-21-42-73(67(81)87-51-57-31-15-5-16-32-57)44-37-59(45-62(75)76)46-74(68(82)88-52-58-33-17-6-18-34-58)43-22-41-72(66(80)86-50-56-29-13-4-14-30-56)39-20-36-61(70)64(78)84-48-54-25-9-2-10-26-54/h1-18,23-34,59-61H,19-22,35-52,69-70H2,(H,75,76). The highest BCUT2D eigenvalue weighted by Gasteiger charge is 2.27. The number of hydrogen-bond donors (Lipinski definition) is 3. The number of ether oxygens (including phenoxy) is 6. The van der Waals surface area contributed by atoms with Crippen LogP contribution in [-0.2, 0) is 82.4 Å². The lowest BCUT2D eigenvalue weighted by molar-refractivity contribution is -0.147. The average Bonchev–Trinajstić information content (AvgIpc) is 3.69. The number of nitrogens with zero attached hydrogens (tertiary/aromatic N) is 4. The van der Waals surface area contributed by atoms with Crippen LogP contribution in [0.15, 0.2) is 182 Å². The number of hydrogen-bond acceptors (Lipinski definition) is 15. The van der Waals surface area contributed by atoms with Gasteiger partial charge in [-0.15, -0.1) is 0 Å². The Hall–Kier alpha value is -9.27. The molecule has 3 unspecified atom stereocenters. The number of carboxylic acid groups (broad SMARTS) is 1. The van der Waals surface area contributed by atoms with Gasteiger partial charge in [0.25, 0.3) is 0 Å². The molecule has 6 aromatic carbocycles. The van der Waals surface area contributed by atoms with Crippen LogP contribution in [0.3, 0.4) is 0 Å². The van der Waals surface area contributed by atoms with E-state index in [1.54, 1.807) is 12.1 Å². The summed E-state index contributed by atoms with van der Waals surface area (Å²) in [5.74, 6) is -3.02. The highest BCUT2D eigenvalue weighted by atomic mass is 16.6. The smallest absolute Gasteiger partial charge is 0.410 e. The Balaban J connectivity index is 1.14. The van der Waals surface area contributed by atoms with Gasteiger partial charge < -0.3 is 64.6 Å². The van der Waals surface area contributed by atoms with E-state index in [1.165, 1.54) is 19.6 Å². The molecule has 0 bridgehead atoms. The van der Waals surface area contributed by atoms with E-state index in [4.69, 9.17) is 39.9 Å². The first-order chi connectivity index (χ1) is 42.8. The van der Waals surface area contributed by atoms with Gasteiger partial charge >= 0.3 is 42.3 Å². The van der Waals surface area contributed by atoms with Crippen molar-refractivity contribution >= 4 is 42.3 Å². The molecule has 0 saturated carbocycles. The van der Waals surface area contributed by atoms with Crippen LogP contribution in [-0.4, -0.2) is 131 Å². The van der Waals surface area contributed by atoms with Crippen molar-refractivity contribution in [3.63, 3.8) is 0 Å². The Labute approximate surface area is 515 Å². The quantitative estimate of drug-likeness (QED) is 0.0242. The maximum atomic E-state index is 14.2. The zero-order valence-corrected chi connectivity index (χ0v) is 49.8. The largest absolute Gasteiger partial charge is 0.481 e. The number of esters is 2. The normalized spacial score (nSPS) is 11.8. The van der Waals surface area contributed by atoms with Gasteiger partial charge in [0.15, 0.2) is 0 Å². The summed E-state index contributed by atoms with van der Waals surface area (Å²) < 4.78 is 34.0. The Bertz CT molecular complexity index is 3010. The van der Waals surface area contributed by atoms with E-state index in [0.29, 0.717) is 12.8 Å². The molecule has 0 radical (unpaired) electrons. The fraction of sp³-hybridized carbons (Fsp3) is 0.368. The lowest BCUT2D eigenvalue weighted by Gasteiger charge is -2.30. The van der Waals surface area contributed by atoms with Crippen LogP contribution in [0.25, 0.3) is 0 Å². The molecule has 0 fully saturated rings. The van der Waals surface area contributed by atoms with Crippen molar-refractivity contribution in [2.24, 2.45) is 17.4 Å². The van der Waals surface area contributed by atoms with Crippen molar-refractivity contribution < 1.29 is 67.1 Å². The van der Waals surface area contributed by atoms with Crippen molar-refractivity contribution in [3.05, 3.63) is 215 Å². The first-order valence-electron chi connectivity index (χ1n) is 29.8. The molecular formula is C68H82N6O14. The summed E-state index contributed by atoms with van der Waals surface area (Å²) in [6, 6.07) is 53.1. The molecule has 0 spiro atoms. The van der Waals surface area contributed by atoms with E-state index in [-0.39, 0.29) is 131 Å². The first-order valence-corrected chi connectivity index (χ1v) is 29.8. The van der Waals surface area contributed by atoms with Gasteiger partial charge in [0.05, 0.1) is 0 Å². The van der Waals surface area contributed by atoms with Crippen molar-refractivity contribution in [1.29, 1.82) is 0 Å². The molecule has 468 valence electrons. The van der Waals surface area contributed by atoms with Gasteiger partial charge in [0.2, 0.25) is 0 Å². The highest BCUT2D eigenvalue weighted by molar-refractivity contribution is 5.76. The monoisotopic (exact) mass is 1210 g/mol. The summed E-state index contributed by atoms with van der Waals surface area (Å²) in [7, 11) is 0. The number of carbonyl (C=O) groups is 7. The lowest BCUT2D eigenvalue weighted by atomic mass is 10.00. The maximum absolute atomic E-state index is 14.2. The summed E-state index contributed by atoms with van der Waals surface area (Å²) in [5.41, 5.74) is 17.2. The molecule has 5 N–H and O–H groups in total. The van der Waals surface area contributed by atoms with E-state index in [1.807, 2.05) is 170 Å². The third-order valence-corrected chi connectivity index (χ3v) is 14.3. The Morgan fingerprint density at radius 2 is 0.580 bits per heavy atom. The van der Waals surface area contributed by atoms with Crippen LogP contribution in [0.5, 0.6) is 0 Å². The van der Waals surface area contributed by atoms with Gasteiger partial charge in [-0.3, -0.25) is 14.4 Å². The van der Waals surface area contributed by atoms with Crippen LogP contribution in [0, 0.1) is 5.92 Å². The summed E-state index contributed by atoms with van der Waals surface area (Å²) in [4.78, 5) is 100. The van der Waals surface area contributed by atoms with Gasteiger partial charge in [-0.25, -0.2) is 19.2 Å². The average molecular weight is 1210 g/mol. The molecule has 0 aliphatic rings. The first kappa shape index (κ1) is 67.9. The summed E-state index contributed by atoms with van der Waals surface area (Å²) in [6.45, 7) is 0.531. The van der Waals surface area contributed by atoms with Crippen LogP contribution in [0.4, 0.5) is 19.2 Å². The molecule has 0 heterocycles. The van der Waals surface area contributed by atoms with Crippen molar-refractivity contribution in [2.45, 2.75) is 103 Å². The second-order valence-corrected chi connectivity index (χ2v) is 21.2. The molecule has 0 aromatic heterocycles. The molecule has 88 heavy (non-hydrogen) atoms. The van der Waals surface area contributed by atoms with Crippen LogP contribution in [0.1, 0.15) is 84.7 Å². The third kappa shape index (κ3) is 26.1. The highest BCUT2D eigenvalue weighted by Crippen LogP contribution is 2.19. The number of benzene rings is 6. The molecule has 20 nitrogen and oxygen atoms in total. The fourth-order valence-electron chi connectivity index (χ4n) is 9.35. The van der Waals surface area contributed by atoms with Gasteiger partial charge in [-0.1, -0.05) is 182 Å². The molecule has 0 aliphatic carbocycles. The number of nitrogens with two attached hydrogens (primary N) is 2. The van der Waals surface area contributed by atoms with Crippen LogP contribution >= 0.6 is 0 Å². The number of rotatable bonds is 37. The SMILES string of the molecule is NC(CCCN(CCCN(CCC(CC(=O)O)CN(CCCN(CCCC(N)C(=O)OCc1ccccc1)C(=O)OCc1ccccc1)C(=O)OCc1ccccc1)C(=O)OCc1ccccc1)C(=O)OCc1ccccc1)C(=O)OCc1ccccc1. The molecule has 3 atom stereocenters. The van der Waals surface area contributed by atoms with Crippen LogP contribution in [0.2, 0.25) is 0 Å². The van der Waals surface area contributed by atoms with Crippen molar-refractivity contribution in [1.82, 2.24) is 19.6 Å². The lowest BCUT2D eigenvalue weighted by Crippen LogP contribution is -2.41. The second kappa shape index (κ2) is 38.7. The molecular weight excluding hydrogens is 1120 g/mol. The molecule has 6 aromatic rings.